The van der Waals surface area contributed by atoms with E-state index in [1.165, 1.54) is 0 Å². The number of hydrogen-bond acceptors (Lipinski definition) is 4. The highest BCUT2D eigenvalue weighted by molar-refractivity contribution is 5.70. The normalized spacial score (nSPS) is 27.6. The van der Waals surface area contributed by atoms with Crippen molar-refractivity contribution in [2.75, 3.05) is 13.1 Å². The molecule has 2 aliphatic heterocycles. The van der Waals surface area contributed by atoms with E-state index in [9.17, 15) is 4.79 Å². The fraction of sp³-hybridized carbons (Fsp3) is 0.923. The lowest BCUT2D eigenvalue weighted by molar-refractivity contribution is -0.176. The van der Waals surface area contributed by atoms with Crippen molar-refractivity contribution in [1.29, 1.82) is 0 Å². The Balaban J connectivity index is 1.80. The molecule has 0 bridgehead atoms. The Kier molecular flexibility index (Phi) is 3.46. The minimum Gasteiger partial charge on any atom is -0.460 e. The van der Waals surface area contributed by atoms with Gasteiger partial charge >= 0.3 is 5.97 Å². The average Bonchev–Trinajstić information content (AvgIpc) is 2.12. The SMILES string of the molecule is CC(C)(C)OC(=O)CC1CCCC2(CNC2)O1. The molecule has 2 heterocycles. The Morgan fingerprint density at radius 2 is 2.18 bits per heavy atom. The van der Waals surface area contributed by atoms with Gasteiger partial charge in [0.15, 0.2) is 0 Å². The first-order valence-corrected chi connectivity index (χ1v) is 6.49. The third-order valence-electron chi connectivity index (χ3n) is 3.28. The van der Waals surface area contributed by atoms with Crippen molar-refractivity contribution in [3.8, 4) is 0 Å². The van der Waals surface area contributed by atoms with Gasteiger partial charge in [-0.25, -0.2) is 0 Å². The molecule has 0 amide bonds. The molecule has 0 aromatic carbocycles. The van der Waals surface area contributed by atoms with E-state index in [1.54, 1.807) is 0 Å². The van der Waals surface area contributed by atoms with Gasteiger partial charge in [0, 0.05) is 13.1 Å². The average molecular weight is 241 g/mol. The Hall–Kier alpha value is -0.610. The molecule has 0 saturated carbocycles. The van der Waals surface area contributed by atoms with Crippen LogP contribution in [0.3, 0.4) is 0 Å². The number of rotatable bonds is 2. The molecule has 17 heavy (non-hydrogen) atoms. The second-order valence-electron chi connectivity index (χ2n) is 6.21. The van der Waals surface area contributed by atoms with E-state index in [-0.39, 0.29) is 17.7 Å². The first kappa shape index (κ1) is 12.8. The zero-order chi connectivity index (χ0) is 12.5. The highest BCUT2D eigenvalue weighted by Crippen LogP contribution is 2.33. The summed E-state index contributed by atoms with van der Waals surface area (Å²) in [5.41, 5.74) is -0.383. The van der Waals surface area contributed by atoms with Gasteiger partial charge in [-0.3, -0.25) is 4.79 Å². The Labute approximate surface area is 103 Å². The van der Waals surface area contributed by atoms with Gasteiger partial charge in [0.2, 0.25) is 0 Å². The van der Waals surface area contributed by atoms with Crippen LogP contribution in [0.5, 0.6) is 0 Å². The third-order valence-corrected chi connectivity index (χ3v) is 3.28. The number of esters is 1. The largest absolute Gasteiger partial charge is 0.460 e. The van der Waals surface area contributed by atoms with Crippen LogP contribution in [0.25, 0.3) is 0 Å². The standard InChI is InChI=1S/C13H23NO3/c1-12(2,3)17-11(15)7-10-5-4-6-13(16-10)8-14-9-13/h10,14H,4-9H2,1-3H3. The third kappa shape index (κ3) is 3.42. The van der Waals surface area contributed by atoms with E-state index in [1.807, 2.05) is 20.8 Å². The predicted octanol–water partition coefficient (Wildman–Crippen LogP) is 1.63. The smallest absolute Gasteiger partial charge is 0.308 e. The van der Waals surface area contributed by atoms with E-state index >= 15 is 0 Å². The molecule has 2 aliphatic rings. The summed E-state index contributed by atoms with van der Waals surface area (Å²) in [5, 5.41) is 3.24. The van der Waals surface area contributed by atoms with E-state index < -0.39 is 5.60 Å². The molecule has 0 aromatic rings. The van der Waals surface area contributed by atoms with Gasteiger partial charge in [0.1, 0.15) is 5.60 Å². The van der Waals surface area contributed by atoms with Gasteiger partial charge < -0.3 is 14.8 Å². The zero-order valence-electron chi connectivity index (χ0n) is 11.0. The van der Waals surface area contributed by atoms with Gasteiger partial charge in [-0.15, -0.1) is 0 Å². The summed E-state index contributed by atoms with van der Waals surface area (Å²) in [4.78, 5) is 11.7. The fourth-order valence-electron chi connectivity index (χ4n) is 2.50. The van der Waals surface area contributed by atoms with Crippen LogP contribution in [0.2, 0.25) is 0 Å². The highest BCUT2D eigenvalue weighted by Gasteiger charge is 2.42. The lowest BCUT2D eigenvalue weighted by atomic mass is 9.86. The maximum Gasteiger partial charge on any atom is 0.308 e. The Morgan fingerprint density at radius 3 is 2.71 bits per heavy atom. The molecule has 2 fully saturated rings. The number of carbonyl (C=O) groups excluding carboxylic acids is 1. The fourth-order valence-corrected chi connectivity index (χ4v) is 2.50. The van der Waals surface area contributed by atoms with Crippen molar-refractivity contribution >= 4 is 5.97 Å². The molecule has 1 spiro atoms. The maximum atomic E-state index is 11.7. The monoisotopic (exact) mass is 241 g/mol. The summed E-state index contributed by atoms with van der Waals surface area (Å²) in [6.07, 6.45) is 3.67. The summed E-state index contributed by atoms with van der Waals surface area (Å²) in [5.74, 6) is -0.146. The highest BCUT2D eigenvalue weighted by atomic mass is 16.6. The lowest BCUT2D eigenvalue weighted by Crippen LogP contribution is -2.63. The summed E-state index contributed by atoms with van der Waals surface area (Å²) in [7, 11) is 0. The summed E-state index contributed by atoms with van der Waals surface area (Å²) >= 11 is 0. The van der Waals surface area contributed by atoms with Crippen LogP contribution in [0.1, 0.15) is 46.5 Å². The van der Waals surface area contributed by atoms with Crippen LogP contribution < -0.4 is 5.32 Å². The van der Waals surface area contributed by atoms with Crippen molar-refractivity contribution in [1.82, 2.24) is 5.32 Å². The number of hydrogen-bond donors (Lipinski definition) is 1. The molecule has 2 saturated heterocycles. The Bertz CT molecular complexity index is 292. The lowest BCUT2D eigenvalue weighted by Gasteiger charge is -2.47. The molecule has 0 aromatic heterocycles. The van der Waals surface area contributed by atoms with Crippen molar-refractivity contribution in [3.05, 3.63) is 0 Å². The Morgan fingerprint density at radius 1 is 1.47 bits per heavy atom. The van der Waals surface area contributed by atoms with Crippen LogP contribution in [0.15, 0.2) is 0 Å². The molecular weight excluding hydrogens is 218 g/mol. The van der Waals surface area contributed by atoms with Crippen molar-refractivity contribution in [2.24, 2.45) is 0 Å². The predicted molar refractivity (Wildman–Crippen MR) is 64.8 cm³/mol. The number of carbonyl (C=O) groups is 1. The minimum absolute atomic E-state index is 0.0188. The second kappa shape index (κ2) is 4.58. The first-order chi connectivity index (χ1) is 7.89. The number of nitrogens with one attached hydrogen (secondary N) is 1. The summed E-state index contributed by atoms with van der Waals surface area (Å²) in [6, 6.07) is 0. The quantitative estimate of drug-likeness (QED) is 0.746. The van der Waals surface area contributed by atoms with Gasteiger partial charge in [-0.1, -0.05) is 0 Å². The van der Waals surface area contributed by atoms with Gasteiger partial charge in [-0.05, 0) is 40.0 Å². The summed E-state index contributed by atoms with van der Waals surface area (Å²) < 4.78 is 11.4. The van der Waals surface area contributed by atoms with Crippen LogP contribution in [-0.2, 0) is 14.3 Å². The second-order valence-corrected chi connectivity index (χ2v) is 6.21. The van der Waals surface area contributed by atoms with Crippen molar-refractivity contribution in [2.45, 2.75) is 63.8 Å². The molecule has 0 aliphatic carbocycles. The van der Waals surface area contributed by atoms with Gasteiger partial charge in [0.05, 0.1) is 18.1 Å². The molecule has 1 N–H and O–H groups in total. The van der Waals surface area contributed by atoms with E-state index in [0.29, 0.717) is 6.42 Å². The molecule has 98 valence electrons. The molecule has 1 atom stereocenters. The van der Waals surface area contributed by atoms with Crippen LogP contribution >= 0.6 is 0 Å². The molecule has 0 radical (unpaired) electrons. The first-order valence-electron chi connectivity index (χ1n) is 6.49. The van der Waals surface area contributed by atoms with Crippen LogP contribution in [0.4, 0.5) is 0 Å². The minimum atomic E-state index is -0.401. The van der Waals surface area contributed by atoms with Gasteiger partial charge in [0.25, 0.3) is 0 Å². The zero-order valence-corrected chi connectivity index (χ0v) is 11.0. The molecular formula is C13H23NO3. The molecule has 2 rings (SSSR count). The van der Waals surface area contributed by atoms with Gasteiger partial charge in [-0.2, -0.15) is 0 Å². The maximum absolute atomic E-state index is 11.7. The van der Waals surface area contributed by atoms with Crippen LogP contribution in [-0.4, -0.2) is 36.4 Å². The molecule has 4 heteroatoms. The topological polar surface area (TPSA) is 47.6 Å². The van der Waals surface area contributed by atoms with E-state index in [2.05, 4.69) is 5.32 Å². The number of ether oxygens (including phenoxy) is 2. The van der Waals surface area contributed by atoms with E-state index in [0.717, 1.165) is 32.4 Å². The van der Waals surface area contributed by atoms with Crippen molar-refractivity contribution in [3.63, 3.8) is 0 Å². The summed E-state index contributed by atoms with van der Waals surface area (Å²) in [6.45, 7) is 7.54. The van der Waals surface area contributed by atoms with Crippen molar-refractivity contribution < 1.29 is 14.3 Å². The molecule has 1 unspecified atom stereocenters. The molecule has 4 nitrogen and oxygen atoms in total. The van der Waals surface area contributed by atoms with Crippen LogP contribution in [0, 0.1) is 0 Å². The van der Waals surface area contributed by atoms with E-state index in [4.69, 9.17) is 9.47 Å².